The van der Waals surface area contributed by atoms with E-state index in [4.69, 9.17) is 62.6 Å². The predicted molar refractivity (Wildman–Crippen MR) is 158 cm³/mol. The fourth-order valence-corrected chi connectivity index (χ4v) is 8.21. The largest absolute Gasteiger partial charge is 0.382 e. The fourth-order valence-electron chi connectivity index (χ4n) is 5.34. The zero-order valence-electron chi connectivity index (χ0n) is 22.6. The van der Waals surface area contributed by atoms with Crippen molar-refractivity contribution in [2.45, 2.75) is 49.2 Å². The molecule has 7 rings (SSSR count). The zero-order chi connectivity index (χ0) is 31.8. The molecule has 3 fully saturated rings. The summed E-state index contributed by atoms with van der Waals surface area (Å²) in [5.41, 5.74) is 12.6. The predicted octanol–water partition coefficient (Wildman–Crippen LogP) is 0.547. The maximum Gasteiger partial charge on any atom is 0.325 e. The van der Waals surface area contributed by atoms with Crippen LogP contribution >= 0.6 is 13.4 Å². The second-order valence-corrected chi connectivity index (χ2v) is 15.8. The quantitative estimate of drug-likeness (QED) is 0.229. The minimum absolute atomic E-state index is 0.00842. The summed E-state index contributed by atoms with van der Waals surface area (Å²) in [5.74, 6) is 0.195. The first kappa shape index (κ1) is 31.0. The average Bonchev–Trinajstić information content (AvgIpc) is 3.72. The number of nitrogen functional groups attached to an aromatic ring is 1. The number of ether oxygens (including phenoxy) is 2. The molecule has 10 atom stereocenters. The monoisotopic (exact) mass is 708 g/mol. The molecule has 4 aliphatic rings. The van der Waals surface area contributed by atoms with Crippen molar-refractivity contribution in [3.8, 4) is 0 Å². The molecule has 0 saturated carbocycles. The number of alkyl halides is 2. The highest BCUT2D eigenvalue weighted by Gasteiger charge is 2.54. The molecular formula is C21H24F2N10O8P2S2. The first-order chi connectivity index (χ1) is 21.3. The number of nitrogens with zero attached hydrogens (tertiary/aromatic N) is 7. The lowest BCUT2D eigenvalue weighted by atomic mass is 10.1. The van der Waals surface area contributed by atoms with Gasteiger partial charge >= 0.3 is 13.4 Å². The first-order valence-corrected chi connectivity index (χ1v) is 18.2. The van der Waals surface area contributed by atoms with Gasteiger partial charge in [0.15, 0.2) is 48.0 Å². The third-order valence-corrected chi connectivity index (χ3v) is 10.5. The van der Waals surface area contributed by atoms with Gasteiger partial charge < -0.3 is 45.1 Å². The number of fused-ring (bicyclic) bond motifs is 4. The van der Waals surface area contributed by atoms with Crippen molar-refractivity contribution in [1.82, 2.24) is 34.4 Å². The van der Waals surface area contributed by atoms with Crippen LogP contribution in [0.3, 0.4) is 0 Å². The van der Waals surface area contributed by atoms with E-state index in [-0.39, 0.29) is 28.8 Å². The molecule has 0 aromatic carbocycles. The SMILES string of the molecule is C=C1NC(N)=Nc2c1ncn2[C@@H]1O[C@@H]2COP(O)(=S)O[C@H]3[C@@H](F)[C@H](n4cnc5c(N)ncnc54)O[C@@H]3COP(O)(=S)O[C@H]2[C@H]1F. The summed E-state index contributed by atoms with van der Waals surface area (Å²) >= 11 is 10.3. The van der Waals surface area contributed by atoms with E-state index in [1.165, 1.54) is 28.1 Å². The lowest BCUT2D eigenvalue weighted by molar-refractivity contribution is -0.0586. The maximum atomic E-state index is 16.1. The second kappa shape index (κ2) is 11.3. The molecule has 24 heteroatoms. The Labute approximate surface area is 261 Å². The molecule has 2 unspecified atom stereocenters. The zero-order valence-corrected chi connectivity index (χ0v) is 26.0. The summed E-state index contributed by atoms with van der Waals surface area (Å²) in [4.78, 5) is 42.3. The molecule has 0 aliphatic carbocycles. The molecule has 0 spiro atoms. The summed E-state index contributed by atoms with van der Waals surface area (Å²) in [5, 5.41) is 2.72. The number of anilines is 1. The van der Waals surface area contributed by atoms with Crippen molar-refractivity contribution in [3.63, 3.8) is 0 Å². The summed E-state index contributed by atoms with van der Waals surface area (Å²) in [6.07, 6.45) is -8.98. The van der Waals surface area contributed by atoms with Crippen LogP contribution in [0.1, 0.15) is 18.1 Å². The highest BCUT2D eigenvalue weighted by molar-refractivity contribution is 8.07. The number of hydrogen-bond donors (Lipinski definition) is 5. The Kier molecular flexibility index (Phi) is 7.78. The number of nitrogens with one attached hydrogen (secondary N) is 1. The first-order valence-electron chi connectivity index (χ1n) is 13.0. The van der Waals surface area contributed by atoms with Gasteiger partial charge in [0.25, 0.3) is 0 Å². The smallest absolute Gasteiger partial charge is 0.325 e. The summed E-state index contributed by atoms with van der Waals surface area (Å²) in [7, 11) is 0. The number of nitrogens with two attached hydrogens (primary N) is 2. The van der Waals surface area contributed by atoms with Gasteiger partial charge in [0, 0.05) is 0 Å². The van der Waals surface area contributed by atoms with E-state index in [0.717, 1.165) is 0 Å². The van der Waals surface area contributed by atoms with Gasteiger partial charge in [0.1, 0.15) is 42.0 Å². The van der Waals surface area contributed by atoms with Gasteiger partial charge in [-0.05, 0) is 23.6 Å². The van der Waals surface area contributed by atoms with E-state index in [2.05, 4.69) is 36.8 Å². The van der Waals surface area contributed by atoms with Crippen molar-refractivity contribution in [3.05, 3.63) is 31.3 Å². The van der Waals surface area contributed by atoms with Crippen LogP contribution in [0.25, 0.3) is 16.9 Å². The van der Waals surface area contributed by atoms with Gasteiger partial charge in [0.2, 0.25) is 0 Å². The molecule has 3 aromatic heterocycles. The van der Waals surface area contributed by atoms with Gasteiger partial charge in [-0.25, -0.2) is 28.7 Å². The van der Waals surface area contributed by atoms with E-state index in [1.54, 1.807) is 0 Å². The number of hydrogen-bond acceptors (Lipinski definition) is 16. The van der Waals surface area contributed by atoms with Crippen LogP contribution in [0, 0.1) is 0 Å². The van der Waals surface area contributed by atoms with Gasteiger partial charge in [0.05, 0.1) is 31.6 Å². The number of aromatic nitrogens is 6. The highest BCUT2D eigenvalue weighted by atomic mass is 32.5. The van der Waals surface area contributed by atoms with Crippen molar-refractivity contribution in [1.29, 1.82) is 0 Å². The normalized spacial score (nSPS) is 38.8. The molecule has 45 heavy (non-hydrogen) atoms. The van der Waals surface area contributed by atoms with Crippen LogP contribution in [0.15, 0.2) is 30.6 Å². The topological polar surface area (TPSA) is 234 Å². The summed E-state index contributed by atoms with van der Waals surface area (Å²) < 4.78 is 68.5. The third kappa shape index (κ3) is 5.57. The van der Waals surface area contributed by atoms with E-state index in [0.29, 0.717) is 11.4 Å². The number of rotatable bonds is 2. The van der Waals surface area contributed by atoms with Crippen LogP contribution in [0.2, 0.25) is 0 Å². The van der Waals surface area contributed by atoms with Crippen LogP contribution in [-0.2, 0) is 51.2 Å². The number of aliphatic imine (C=N–C) groups is 1. The summed E-state index contributed by atoms with van der Waals surface area (Å²) in [6, 6.07) is 0. The molecule has 3 saturated heterocycles. The Bertz CT molecular complexity index is 1820. The Morgan fingerprint density at radius 2 is 1.49 bits per heavy atom. The van der Waals surface area contributed by atoms with Crippen molar-refractivity contribution < 1.29 is 46.1 Å². The van der Waals surface area contributed by atoms with E-state index < -0.39 is 75.9 Å². The van der Waals surface area contributed by atoms with Gasteiger partial charge in [-0.3, -0.25) is 18.2 Å². The molecule has 7 heterocycles. The molecule has 0 radical (unpaired) electrons. The van der Waals surface area contributed by atoms with Gasteiger partial charge in [-0.2, -0.15) is 4.99 Å². The minimum Gasteiger partial charge on any atom is -0.382 e. The van der Waals surface area contributed by atoms with Gasteiger partial charge in [-0.15, -0.1) is 0 Å². The summed E-state index contributed by atoms with van der Waals surface area (Å²) in [6.45, 7) is -5.90. The fraction of sp³-hybridized carbons (Fsp3) is 0.476. The second-order valence-electron chi connectivity index (χ2n) is 10.2. The Hall–Kier alpha value is -2.59. The molecule has 242 valence electrons. The Morgan fingerprint density at radius 3 is 2.11 bits per heavy atom. The molecule has 3 aromatic rings. The number of imidazole rings is 2. The lowest BCUT2D eigenvalue weighted by Gasteiger charge is -2.29. The Morgan fingerprint density at radius 1 is 0.911 bits per heavy atom. The van der Waals surface area contributed by atoms with Crippen molar-refractivity contribution >= 4 is 71.5 Å². The van der Waals surface area contributed by atoms with Crippen LogP contribution in [0.5, 0.6) is 0 Å². The molecule has 18 nitrogen and oxygen atoms in total. The molecular weight excluding hydrogens is 684 g/mol. The number of guanidine groups is 1. The standard InChI is InChI=1S/C21H24F2N10O8P2S2/c1-7-12-18(31-21(25)30-7)33(5-28-12)20-11(23)15-9(39-20)3-37-42(34,44)40-14-8(2-36-43(35,45)41-15)38-19(10(14)22)32-6-29-13-16(24)26-4-27-17(13)32/h4-6,8-11,14-15,19-20H,1-3H2,(H,34,44)(H,35,45)(H2,24,26,27)(H3,25,30,31)/t8-,9-,10-,11-,14-,15-,19-,20-,42?,43?/m1/s1. The van der Waals surface area contributed by atoms with E-state index in [9.17, 15) is 9.79 Å². The van der Waals surface area contributed by atoms with Crippen LogP contribution in [0.4, 0.5) is 20.4 Å². The molecule has 7 N–H and O–H groups in total. The molecule has 0 bridgehead atoms. The molecule has 0 amide bonds. The lowest BCUT2D eigenvalue weighted by Crippen LogP contribution is -2.37. The third-order valence-electron chi connectivity index (χ3n) is 7.34. The highest BCUT2D eigenvalue weighted by Crippen LogP contribution is 2.55. The van der Waals surface area contributed by atoms with Crippen LogP contribution < -0.4 is 16.8 Å². The Balaban J connectivity index is 1.16. The van der Waals surface area contributed by atoms with Gasteiger partial charge in [-0.1, -0.05) is 6.58 Å². The average molecular weight is 709 g/mol. The van der Waals surface area contributed by atoms with E-state index in [1.807, 2.05) is 0 Å². The van der Waals surface area contributed by atoms with E-state index >= 15 is 8.78 Å². The molecule has 4 aliphatic heterocycles. The van der Waals surface area contributed by atoms with Crippen molar-refractivity contribution in [2.24, 2.45) is 10.7 Å². The minimum atomic E-state index is -4.25. The van der Waals surface area contributed by atoms with Crippen LogP contribution in [-0.4, -0.2) is 94.8 Å². The number of halogens is 2. The van der Waals surface area contributed by atoms with Crippen molar-refractivity contribution in [2.75, 3.05) is 18.9 Å². The maximum absolute atomic E-state index is 16.1.